The van der Waals surface area contributed by atoms with E-state index in [1.807, 2.05) is 0 Å². The van der Waals surface area contributed by atoms with Gasteiger partial charge in [0.15, 0.2) is 5.82 Å². The molecule has 0 saturated carbocycles. The summed E-state index contributed by atoms with van der Waals surface area (Å²) in [5.41, 5.74) is 7.49. The first-order chi connectivity index (χ1) is 18.7. The Bertz CT molecular complexity index is 1610. The van der Waals surface area contributed by atoms with Crippen molar-refractivity contribution in [2.45, 2.75) is 46.1 Å². The van der Waals surface area contributed by atoms with Crippen LogP contribution in [-0.4, -0.2) is 57.1 Å². The second kappa shape index (κ2) is 9.79. The van der Waals surface area contributed by atoms with Gasteiger partial charge < -0.3 is 9.47 Å². The highest BCUT2D eigenvalue weighted by Gasteiger charge is 2.29. The third-order valence-electron chi connectivity index (χ3n) is 8.41. The Morgan fingerprint density at radius 2 is 1.74 bits per heavy atom. The number of rotatable bonds is 5. The van der Waals surface area contributed by atoms with Crippen LogP contribution in [0.25, 0.3) is 32.4 Å². The van der Waals surface area contributed by atoms with Crippen LogP contribution < -0.4 is 4.90 Å². The van der Waals surface area contributed by atoms with Gasteiger partial charge in [-0.3, -0.25) is 4.90 Å². The Kier molecular flexibility index (Phi) is 6.13. The number of thiazole rings is 1. The summed E-state index contributed by atoms with van der Waals surface area (Å²) >= 11 is 1.80. The minimum atomic E-state index is 0.995. The SMILES string of the molecule is Cc1nc(-c2c3n(c4c(N5CCN(CCc6ccc7ccccc7c6)CC5)ncnc24)CCCC3)sc1C. The molecule has 6 nitrogen and oxygen atoms in total. The van der Waals surface area contributed by atoms with Crippen LogP contribution in [0.5, 0.6) is 0 Å². The van der Waals surface area contributed by atoms with Crippen LogP contribution in [0.2, 0.25) is 0 Å². The predicted octanol–water partition coefficient (Wildman–Crippen LogP) is 6.03. The van der Waals surface area contributed by atoms with Gasteiger partial charge >= 0.3 is 0 Å². The van der Waals surface area contributed by atoms with Gasteiger partial charge in [-0.25, -0.2) is 15.0 Å². The van der Waals surface area contributed by atoms with Crippen LogP contribution in [-0.2, 0) is 19.4 Å². The smallest absolute Gasteiger partial charge is 0.156 e. The highest BCUT2D eigenvalue weighted by Crippen LogP contribution is 2.41. The van der Waals surface area contributed by atoms with Crippen LogP contribution in [0.4, 0.5) is 5.82 Å². The molecule has 0 radical (unpaired) electrons. The minimum Gasteiger partial charge on any atom is -0.352 e. The molecule has 0 aliphatic carbocycles. The van der Waals surface area contributed by atoms with E-state index in [0.29, 0.717) is 0 Å². The van der Waals surface area contributed by atoms with Gasteiger partial charge in [-0.05, 0) is 55.9 Å². The molecule has 0 N–H and O–H groups in total. The zero-order chi connectivity index (χ0) is 25.6. The van der Waals surface area contributed by atoms with Crippen LogP contribution in [0.1, 0.15) is 34.7 Å². The molecule has 194 valence electrons. The normalized spacial score (nSPS) is 16.4. The van der Waals surface area contributed by atoms with Crippen molar-refractivity contribution in [1.82, 2.24) is 24.4 Å². The van der Waals surface area contributed by atoms with Gasteiger partial charge in [-0.15, -0.1) is 11.3 Å². The van der Waals surface area contributed by atoms with Gasteiger partial charge in [0, 0.05) is 49.8 Å². The molecule has 2 aliphatic rings. The molecule has 5 heterocycles. The third-order valence-corrected chi connectivity index (χ3v) is 9.50. The Morgan fingerprint density at radius 1 is 0.895 bits per heavy atom. The van der Waals surface area contributed by atoms with Crippen molar-refractivity contribution in [2.75, 3.05) is 37.6 Å². The van der Waals surface area contributed by atoms with Crippen LogP contribution in [0.15, 0.2) is 48.8 Å². The number of nitrogens with zero attached hydrogens (tertiary/aromatic N) is 6. The molecule has 1 saturated heterocycles. The fourth-order valence-electron chi connectivity index (χ4n) is 6.18. The Morgan fingerprint density at radius 3 is 2.55 bits per heavy atom. The molecular weight excluding hydrogens is 488 g/mol. The first kappa shape index (κ1) is 23.8. The van der Waals surface area contributed by atoms with Crippen molar-refractivity contribution in [3.05, 3.63) is 70.6 Å². The van der Waals surface area contributed by atoms with E-state index in [2.05, 4.69) is 70.7 Å². The topological polar surface area (TPSA) is 50.1 Å². The average molecular weight is 523 g/mol. The Balaban J connectivity index is 1.12. The predicted molar refractivity (Wildman–Crippen MR) is 157 cm³/mol. The maximum atomic E-state index is 4.95. The third kappa shape index (κ3) is 4.18. The maximum Gasteiger partial charge on any atom is 0.156 e. The van der Waals surface area contributed by atoms with Gasteiger partial charge in [0.2, 0.25) is 0 Å². The number of piperazine rings is 1. The molecule has 2 aromatic carbocycles. The zero-order valence-corrected chi connectivity index (χ0v) is 23.1. The summed E-state index contributed by atoms with van der Waals surface area (Å²) in [6, 6.07) is 15.5. The van der Waals surface area contributed by atoms with Crippen molar-refractivity contribution in [1.29, 1.82) is 0 Å². The monoisotopic (exact) mass is 522 g/mol. The van der Waals surface area contributed by atoms with Crippen LogP contribution >= 0.6 is 11.3 Å². The summed E-state index contributed by atoms with van der Waals surface area (Å²) < 4.78 is 2.52. The van der Waals surface area contributed by atoms with Crippen molar-refractivity contribution in [3.8, 4) is 10.6 Å². The lowest BCUT2D eigenvalue weighted by atomic mass is 10.0. The van der Waals surface area contributed by atoms with E-state index in [9.17, 15) is 0 Å². The second-order valence-electron chi connectivity index (χ2n) is 10.7. The summed E-state index contributed by atoms with van der Waals surface area (Å²) in [6.07, 6.45) is 6.39. The number of hydrogen-bond acceptors (Lipinski definition) is 6. The number of benzene rings is 2. The average Bonchev–Trinajstić information content (AvgIpc) is 3.48. The molecule has 0 atom stereocenters. The quantitative estimate of drug-likeness (QED) is 0.282. The van der Waals surface area contributed by atoms with E-state index in [4.69, 9.17) is 15.0 Å². The van der Waals surface area contributed by atoms with Crippen LogP contribution in [0, 0.1) is 13.8 Å². The van der Waals surface area contributed by atoms with Crippen molar-refractivity contribution in [3.63, 3.8) is 0 Å². The molecule has 2 aliphatic heterocycles. The molecule has 0 unspecified atom stereocenters. The first-order valence-corrected chi connectivity index (χ1v) is 14.7. The van der Waals surface area contributed by atoms with E-state index in [1.165, 1.54) is 50.8 Å². The largest absolute Gasteiger partial charge is 0.352 e. The summed E-state index contributed by atoms with van der Waals surface area (Å²) in [4.78, 5) is 21.1. The zero-order valence-electron chi connectivity index (χ0n) is 22.3. The molecule has 0 spiro atoms. The maximum absolute atomic E-state index is 4.95. The number of hydrogen-bond donors (Lipinski definition) is 0. The fourth-order valence-corrected chi connectivity index (χ4v) is 7.16. The molecule has 3 aromatic heterocycles. The second-order valence-corrected chi connectivity index (χ2v) is 11.9. The van der Waals surface area contributed by atoms with E-state index in [0.717, 1.165) is 74.1 Å². The number of aromatic nitrogens is 4. The minimum absolute atomic E-state index is 0.995. The molecule has 38 heavy (non-hydrogen) atoms. The van der Waals surface area contributed by atoms with E-state index in [1.54, 1.807) is 17.7 Å². The lowest BCUT2D eigenvalue weighted by molar-refractivity contribution is 0.260. The molecule has 1 fully saturated rings. The van der Waals surface area contributed by atoms with Gasteiger partial charge in [0.25, 0.3) is 0 Å². The van der Waals surface area contributed by atoms with Gasteiger partial charge in [-0.1, -0.05) is 42.5 Å². The highest BCUT2D eigenvalue weighted by molar-refractivity contribution is 7.15. The molecule has 7 rings (SSSR count). The van der Waals surface area contributed by atoms with Crippen molar-refractivity contribution < 1.29 is 0 Å². The summed E-state index contributed by atoms with van der Waals surface area (Å²) in [7, 11) is 0. The van der Waals surface area contributed by atoms with Crippen molar-refractivity contribution >= 4 is 39.0 Å². The van der Waals surface area contributed by atoms with Gasteiger partial charge in [-0.2, -0.15) is 0 Å². The van der Waals surface area contributed by atoms with Crippen LogP contribution in [0.3, 0.4) is 0 Å². The number of anilines is 1. The molecular formula is C31H34N6S. The lowest BCUT2D eigenvalue weighted by Gasteiger charge is -2.35. The molecule has 0 amide bonds. The Hall–Kier alpha value is -3.29. The first-order valence-electron chi connectivity index (χ1n) is 13.9. The highest BCUT2D eigenvalue weighted by atomic mass is 32.1. The summed E-state index contributed by atoms with van der Waals surface area (Å²) in [6.45, 7) is 10.5. The fraction of sp³-hybridized carbons (Fsp3) is 0.387. The molecule has 0 bridgehead atoms. The standard InChI is InChI=1S/C31H34N6S/c1-21-22(2)38-31(34-21)27-26-9-5-6-13-37(26)29-28(27)32-20-33-30(29)36-17-15-35(16-18-36)14-12-23-10-11-24-7-3-4-8-25(24)19-23/h3-4,7-8,10-11,19-20H,5-6,9,12-18H2,1-2H3. The van der Waals surface area contributed by atoms with Crippen molar-refractivity contribution in [2.24, 2.45) is 0 Å². The number of aryl methyl sites for hydroxylation is 3. The van der Waals surface area contributed by atoms with E-state index in [-0.39, 0.29) is 0 Å². The van der Waals surface area contributed by atoms with Gasteiger partial charge in [0.1, 0.15) is 22.4 Å². The van der Waals surface area contributed by atoms with Gasteiger partial charge in [0.05, 0.1) is 11.3 Å². The summed E-state index contributed by atoms with van der Waals surface area (Å²) in [5, 5.41) is 3.77. The Labute approximate surface area is 228 Å². The van der Waals surface area contributed by atoms with E-state index < -0.39 is 0 Å². The lowest BCUT2D eigenvalue weighted by Crippen LogP contribution is -2.47. The number of fused-ring (bicyclic) bond motifs is 4. The molecule has 7 heteroatoms. The summed E-state index contributed by atoms with van der Waals surface area (Å²) in [5.74, 6) is 1.10. The van der Waals surface area contributed by atoms with E-state index >= 15 is 0 Å². The molecule has 5 aromatic rings.